The molecular formula is C17H26N2O2. The van der Waals surface area contributed by atoms with Crippen LogP contribution < -0.4 is 5.32 Å². The normalized spacial score (nSPS) is 21.0. The zero-order chi connectivity index (χ0) is 15.2. The molecule has 0 radical (unpaired) electrons. The van der Waals surface area contributed by atoms with E-state index >= 15 is 0 Å². The maximum absolute atomic E-state index is 11.0. The summed E-state index contributed by atoms with van der Waals surface area (Å²) in [5.41, 5.74) is 1.23. The van der Waals surface area contributed by atoms with Gasteiger partial charge < -0.3 is 15.3 Å². The van der Waals surface area contributed by atoms with Crippen LogP contribution in [0.15, 0.2) is 24.3 Å². The van der Waals surface area contributed by atoms with Gasteiger partial charge >= 0.3 is 5.97 Å². The van der Waals surface area contributed by atoms with E-state index < -0.39 is 5.97 Å². The fourth-order valence-electron chi connectivity index (χ4n) is 3.14. The van der Waals surface area contributed by atoms with Crippen molar-refractivity contribution in [2.45, 2.75) is 39.2 Å². The van der Waals surface area contributed by atoms with Crippen LogP contribution in [0, 0.1) is 5.92 Å². The van der Waals surface area contributed by atoms with Gasteiger partial charge in [0.05, 0.1) is 5.56 Å². The van der Waals surface area contributed by atoms with Gasteiger partial charge in [-0.15, -0.1) is 0 Å². The third-order valence-electron chi connectivity index (χ3n) is 4.29. The Morgan fingerprint density at radius 1 is 1.52 bits per heavy atom. The van der Waals surface area contributed by atoms with Gasteiger partial charge in [-0.1, -0.05) is 13.0 Å². The van der Waals surface area contributed by atoms with Crippen LogP contribution in [-0.2, 0) is 0 Å². The first-order chi connectivity index (χ1) is 10.1. The highest BCUT2D eigenvalue weighted by Crippen LogP contribution is 2.23. The van der Waals surface area contributed by atoms with Crippen molar-refractivity contribution in [2.24, 2.45) is 5.92 Å². The molecule has 1 heterocycles. The van der Waals surface area contributed by atoms with Crippen LogP contribution in [0.5, 0.6) is 0 Å². The summed E-state index contributed by atoms with van der Waals surface area (Å²) in [6, 6.07) is 7.43. The molecule has 0 aliphatic carbocycles. The van der Waals surface area contributed by atoms with E-state index in [9.17, 15) is 4.79 Å². The number of carboxylic acid groups (broad SMARTS) is 1. The van der Waals surface area contributed by atoms with Crippen LogP contribution >= 0.6 is 0 Å². The first kappa shape index (κ1) is 15.8. The third kappa shape index (κ3) is 4.46. The number of carbonyl (C=O) groups is 1. The van der Waals surface area contributed by atoms with Crippen molar-refractivity contribution in [3.8, 4) is 0 Å². The molecule has 4 heteroatoms. The Bertz CT molecular complexity index is 474. The summed E-state index contributed by atoms with van der Waals surface area (Å²) in [5, 5.41) is 12.5. The zero-order valence-electron chi connectivity index (χ0n) is 13.0. The Kier molecular flexibility index (Phi) is 5.62. The summed E-state index contributed by atoms with van der Waals surface area (Å²) in [7, 11) is 0. The number of likely N-dealkylation sites (tertiary alicyclic amines) is 1. The number of rotatable bonds is 6. The molecule has 1 aliphatic heterocycles. The SMILES string of the molecule is CCCN1CCCC(C(C)Nc2cccc(C(=O)O)c2)C1. The summed E-state index contributed by atoms with van der Waals surface area (Å²) in [6.07, 6.45) is 3.70. The van der Waals surface area contributed by atoms with E-state index in [-0.39, 0.29) is 0 Å². The van der Waals surface area contributed by atoms with Crippen LogP contribution in [0.25, 0.3) is 0 Å². The Balaban J connectivity index is 1.95. The smallest absolute Gasteiger partial charge is 0.335 e. The highest BCUT2D eigenvalue weighted by atomic mass is 16.4. The molecule has 1 saturated heterocycles. The fraction of sp³-hybridized carbons (Fsp3) is 0.588. The summed E-state index contributed by atoms with van der Waals surface area (Å²) in [6.45, 7) is 7.96. The molecule has 2 rings (SSSR count). The second-order valence-electron chi connectivity index (χ2n) is 6.02. The first-order valence-corrected chi connectivity index (χ1v) is 7.92. The van der Waals surface area contributed by atoms with E-state index in [0.29, 0.717) is 17.5 Å². The lowest BCUT2D eigenvalue weighted by molar-refractivity contribution is 0.0697. The molecule has 0 bridgehead atoms. The van der Waals surface area contributed by atoms with Crippen LogP contribution in [0.2, 0.25) is 0 Å². The minimum absolute atomic E-state index is 0.337. The zero-order valence-corrected chi connectivity index (χ0v) is 13.0. The van der Waals surface area contributed by atoms with Crippen LogP contribution in [0.3, 0.4) is 0 Å². The Morgan fingerprint density at radius 3 is 3.05 bits per heavy atom. The number of aromatic carboxylic acids is 1. The van der Waals surface area contributed by atoms with Gasteiger partial charge in [0.1, 0.15) is 0 Å². The van der Waals surface area contributed by atoms with Gasteiger partial charge in [0, 0.05) is 18.3 Å². The Morgan fingerprint density at radius 2 is 2.33 bits per heavy atom. The van der Waals surface area contributed by atoms with Crippen molar-refractivity contribution in [2.75, 3.05) is 25.0 Å². The molecule has 0 amide bonds. The number of hydrogen-bond donors (Lipinski definition) is 2. The minimum atomic E-state index is -0.877. The molecule has 1 fully saturated rings. The number of nitrogens with zero attached hydrogens (tertiary/aromatic N) is 1. The molecule has 2 unspecified atom stereocenters. The quantitative estimate of drug-likeness (QED) is 0.844. The van der Waals surface area contributed by atoms with Gasteiger partial charge in [0.2, 0.25) is 0 Å². The molecule has 4 nitrogen and oxygen atoms in total. The number of nitrogens with one attached hydrogen (secondary N) is 1. The first-order valence-electron chi connectivity index (χ1n) is 7.92. The van der Waals surface area contributed by atoms with Crippen molar-refractivity contribution < 1.29 is 9.90 Å². The van der Waals surface area contributed by atoms with E-state index in [1.54, 1.807) is 18.2 Å². The lowest BCUT2D eigenvalue weighted by Crippen LogP contribution is -2.42. The Labute approximate surface area is 127 Å². The van der Waals surface area contributed by atoms with E-state index in [0.717, 1.165) is 12.2 Å². The van der Waals surface area contributed by atoms with Crippen LogP contribution in [0.1, 0.15) is 43.5 Å². The van der Waals surface area contributed by atoms with E-state index in [1.807, 2.05) is 6.07 Å². The van der Waals surface area contributed by atoms with Crippen molar-refractivity contribution >= 4 is 11.7 Å². The second kappa shape index (κ2) is 7.46. The molecule has 1 aliphatic rings. The average molecular weight is 290 g/mol. The Hall–Kier alpha value is -1.55. The van der Waals surface area contributed by atoms with E-state index in [4.69, 9.17) is 5.11 Å². The summed E-state index contributed by atoms with van der Waals surface area (Å²) in [5.74, 6) is -0.253. The summed E-state index contributed by atoms with van der Waals surface area (Å²) >= 11 is 0. The number of piperidine rings is 1. The third-order valence-corrected chi connectivity index (χ3v) is 4.29. The lowest BCUT2D eigenvalue weighted by atomic mass is 9.91. The van der Waals surface area contributed by atoms with E-state index in [2.05, 4.69) is 24.1 Å². The number of hydrogen-bond acceptors (Lipinski definition) is 3. The fourth-order valence-corrected chi connectivity index (χ4v) is 3.14. The summed E-state index contributed by atoms with van der Waals surface area (Å²) < 4.78 is 0. The van der Waals surface area contributed by atoms with E-state index in [1.165, 1.54) is 32.4 Å². The standard InChI is InChI=1S/C17H26N2O2/c1-3-9-19-10-5-7-15(12-19)13(2)18-16-8-4-6-14(11-16)17(20)21/h4,6,8,11,13,15,18H,3,5,7,9-10,12H2,1-2H3,(H,20,21). The molecule has 21 heavy (non-hydrogen) atoms. The van der Waals surface area contributed by atoms with Crippen LogP contribution in [-0.4, -0.2) is 41.7 Å². The number of carboxylic acids is 1. The molecule has 0 aromatic heterocycles. The topological polar surface area (TPSA) is 52.6 Å². The number of benzene rings is 1. The predicted octanol–water partition coefficient (Wildman–Crippen LogP) is 3.31. The van der Waals surface area contributed by atoms with Gasteiger partial charge in [0.25, 0.3) is 0 Å². The van der Waals surface area contributed by atoms with Gasteiger partial charge in [-0.05, 0) is 63.4 Å². The van der Waals surface area contributed by atoms with Gasteiger partial charge in [-0.25, -0.2) is 4.79 Å². The van der Waals surface area contributed by atoms with Crippen molar-refractivity contribution in [3.63, 3.8) is 0 Å². The molecule has 0 saturated carbocycles. The largest absolute Gasteiger partial charge is 0.478 e. The molecule has 1 aromatic carbocycles. The highest BCUT2D eigenvalue weighted by Gasteiger charge is 2.24. The monoisotopic (exact) mass is 290 g/mol. The number of anilines is 1. The van der Waals surface area contributed by atoms with Crippen molar-refractivity contribution in [1.29, 1.82) is 0 Å². The molecule has 2 N–H and O–H groups in total. The molecule has 2 atom stereocenters. The van der Waals surface area contributed by atoms with Crippen LogP contribution in [0.4, 0.5) is 5.69 Å². The maximum Gasteiger partial charge on any atom is 0.335 e. The second-order valence-corrected chi connectivity index (χ2v) is 6.02. The molecule has 0 spiro atoms. The van der Waals surface area contributed by atoms with Crippen molar-refractivity contribution in [1.82, 2.24) is 4.90 Å². The molecule has 116 valence electrons. The average Bonchev–Trinajstić information content (AvgIpc) is 2.48. The minimum Gasteiger partial charge on any atom is -0.478 e. The summed E-state index contributed by atoms with van der Waals surface area (Å²) in [4.78, 5) is 13.6. The van der Waals surface area contributed by atoms with Crippen molar-refractivity contribution in [3.05, 3.63) is 29.8 Å². The van der Waals surface area contributed by atoms with Gasteiger partial charge in [-0.3, -0.25) is 0 Å². The predicted molar refractivity (Wildman–Crippen MR) is 85.9 cm³/mol. The molecular weight excluding hydrogens is 264 g/mol. The maximum atomic E-state index is 11.0. The van der Waals surface area contributed by atoms with Gasteiger partial charge in [0.15, 0.2) is 0 Å². The molecule has 1 aromatic rings. The lowest BCUT2D eigenvalue weighted by Gasteiger charge is -2.36. The highest BCUT2D eigenvalue weighted by molar-refractivity contribution is 5.88. The van der Waals surface area contributed by atoms with Gasteiger partial charge in [-0.2, -0.15) is 0 Å².